The van der Waals surface area contributed by atoms with E-state index in [1.165, 1.54) is 5.56 Å². The second-order valence-corrected chi connectivity index (χ2v) is 5.16. The maximum absolute atomic E-state index is 11.1. The van der Waals surface area contributed by atoms with Crippen molar-refractivity contribution in [1.82, 2.24) is 9.78 Å². The molecule has 1 aliphatic rings. The van der Waals surface area contributed by atoms with Crippen molar-refractivity contribution in [3.8, 4) is 5.69 Å². The van der Waals surface area contributed by atoms with Crippen molar-refractivity contribution >= 4 is 5.97 Å². The molecule has 4 heteroatoms. The zero-order chi connectivity index (χ0) is 13.6. The summed E-state index contributed by atoms with van der Waals surface area (Å²) in [6.45, 7) is 4.10. The van der Waals surface area contributed by atoms with Crippen LogP contribution in [-0.4, -0.2) is 20.9 Å². The highest BCUT2D eigenvalue weighted by Crippen LogP contribution is 2.41. The minimum absolute atomic E-state index is 0.128. The van der Waals surface area contributed by atoms with E-state index in [1.807, 2.05) is 23.7 Å². The second kappa shape index (κ2) is 4.23. The summed E-state index contributed by atoms with van der Waals surface area (Å²) in [5.74, 6) is -0.508. The SMILES string of the molecule is Cc1cccc(-n2nc(C(=O)O)cc2C2CC2)c1C. The molecule has 19 heavy (non-hydrogen) atoms. The fourth-order valence-electron chi connectivity index (χ4n) is 2.33. The van der Waals surface area contributed by atoms with Crippen LogP contribution in [0.5, 0.6) is 0 Å². The van der Waals surface area contributed by atoms with E-state index < -0.39 is 5.97 Å². The van der Waals surface area contributed by atoms with Gasteiger partial charge in [0, 0.05) is 11.6 Å². The minimum atomic E-state index is -0.967. The van der Waals surface area contributed by atoms with Gasteiger partial charge in [-0.2, -0.15) is 5.10 Å². The summed E-state index contributed by atoms with van der Waals surface area (Å²) in [6, 6.07) is 7.74. The first-order valence-corrected chi connectivity index (χ1v) is 6.48. The van der Waals surface area contributed by atoms with E-state index in [1.54, 1.807) is 6.07 Å². The zero-order valence-corrected chi connectivity index (χ0v) is 11.1. The molecule has 1 aromatic heterocycles. The van der Waals surface area contributed by atoms with Crippen LogP contribution >= 0.6 is 0 Å². The van der Waals surface area contributed by atoms with Crippen LogP contribution in [0.4, 0.5) is 0 Å². The van der Waals surface area contributed by atoms with Crippen LogP contribution in [0.25, 0.3) is 5.69 Å². The molecule has 1 fully saturated rings. The molecule has 0 aliphatic heterocycles. The monoisotopic (exact) mass is 256 g/mol. The molecular weight excluding hydrogens is 240 g/mol. The largest absolute Gasteiger partial charge is 0.476 e. The molecule has 0 saturated heterocycles. The summed E-state index contributed by atoms with van der Waals surface area (Å²) < 4.78 is 1.81. The topological polar surface area (TPSA) is 55.1 Å². The molecule has 1 heterocycles. The summed E-state index contributed by atoms with van der Waals surface area (Å²) in [5, 5.41) is 13.4. The third kappa shape index (κ3) is 2.03. The molecule has 0 radical (unpaired) electrons. The number of carbonyl (C=O) groups is 1. The van der Waals surface area contributed by atoms with Crippen molar-refractivity contribution in [2.75, 3.05) is 0 Å². The Balaban J connectivity index is 2.18. The van der Waals surface area contributed by atoms with Gasteiger partial charge in [0.1, 0.15) is 0 Å². The smallest absolute Gasteiger partial charge is 0.356 e. The fraction of sp³-hybridized carbons (Fsp3) is 0.333. The predicted molar refractivity (Wildman–Crippen MR) is 72.0 cm³/mol. The lowest BCUT2D eigenvalue weighted by Gasteiger charge is -2.11. The molecule has 0 bridgehead atoms. The highest BCUT2D eigenvalue weighted by Gasteiger charge is 2.30. The molecule has 0 spiro atoms. The maximum Gasteiger partial charge on any atom is 0.356 e. The van der Waals surface area contributed by atoms with Gasteiger partial charge in [-0.15, -0.1) is 0 Å². The van der Waals surface area contributed by atoms with E-state index in [0.717, 1.165) is 29.8 Å². The molecule has 0 unspecified atom stereocenters. The minimum Gasteiger partial charge on any atom is -0.476 e. The second-order valence-electron chi connectivity index (χ2n) is 5.16. The standard InChI is InChI=1S/C15H16N2O2/c1-9-4-3-5-13(10(9)2)17-14(11-6-7-11)8-12(16-17)15(18)19/h3-5,8,11H,6-7H2,1-2H3,(H,18,19). The average molecular weight is 256 g/mol. The molecule has 98 valence electrons. The lowest BCUT2D eigenvalue weighted by Crippen LogP contribution is -2.05. The number of aryl methyl sites for hydroxylation is 1. The Hall–Kier alpha value is -2.10. The molecule has 1 aromatic carbocycles. The van der Waals surface area contributed by atoms with Gasteiger partial charge in [-0.3, -0.25) is 0 Å². The Labute approximate surface area is 111 Å². The van der Waals surface area contributed by atoms with Gasteiger partial charge in [0.25, 0.3) is 0 Å². The van der Waals surface area contributed by atoms with Gasteiger partial charge < -0.3 is 5.11 Å². The van der Waals surface area contributed by atoms with E-state index in [2.05, 4.69) is 18.1 Å². The quantitative estimate of drug-likeness (QED) is 0.918. The molecule has 0 atom stereocenters. The van der Waals surface area contributed by atoms with Crippen molar-refractivity contribution in [3.63, 3.8) is 0 Å². The predicted octanol–water partition coefficient (Wildman–Crippen LogP) is 3.06. The fourth-order valence-corrected chi connectivity index (χ4v) is 2.33. The van der Waals surface area contributed by atoms with Crippen molar-refractivity contribution in [2.24, 2.45) is 0 Å². The third-order valence-corrected chi connectivity index (χ3v) is 3.76. The number of benzene rings is 1. The number of carboxylic acid groups (broad SMARTS) is 1. The zero-order valence-electron chi connectivity index (χ0n) is 11.1. The number of aromatic nitrogens is 2. The van der Waals surface area contributed by atoms with E-state index in [4.69, 9.17) is 5.11 Å². The number of hydrogen-bond donors (Lipinski definition) is 1. The summed E-state index contributed by atoms with van der Waals surface area (Å²) in [6.07, 6.45) is 2.24. The number of rotatable bonds is 3. The Bertz CT molecular complexity index is 654. The van der Waals surface area contributed by atoms with E-state index >= 15 is 0 Å². The van der Waals surface area contributed by atoms with Crippen molar-refractivity contribution in [2.45, 2.75) is 32.6 Å². The number of nitrogens with zero attached hydrogens (tertiary/aromatic N) is 2. The van der Waals surface area contributed by atoms with Gasteiger partial charge in [0.05, 0.1) is 5.69 Å². The normalized spacial score (nSPS) is 14.6. The maximum atomic E-state index is 11.1. The first-order chi connectivity index (χ1) is 9.08. The third-order valence-electron chi connectivity index (χ3n) is 3.76. The van der Waals surface area contributed by atoms with Crippen LogP contribution in [0, 0.1) is 13.8 Å². The molecule has 0 amide bonds. The lowest BCUT2D eigenvalue weighted by atomic mass is 10.1. The summed E-state index contributed by atoms with van der Waals surface area (Å²) in [4.78, 5) is 11.1. The van der Waals surface area contributed by atoms with Gasteiger partial charge in [0.2, 0.25) is 0 Å². The van der Waals surface area contributed by atoms with Crippen LogP contribution in [0.2, 0.25) is 0 Å². The molecule has 1 saturated carbocycles. The molecular formula is C15H16N2O2. The van der Waals surface area contributed by atoms with Crippen LogP contribution in [0.1, 0.15) is 46.1 Å². The first-order valence-electron chi connectivity index (χ1n) is 6.48. The van der Waals surface area contributed by atoms with Crippen LogP contribution in [-0.2, 0) is 0 Å². The first kappa shape index (κ1) is 12.0. The summed E-state index contributed by atoms with van der Waals surface area (Å²) in [7, 11) is 0. The van der Waals surface area contributed by atoms with Gasteiger partial charge >= 0.3 is 5.97 Å². The molecule has 1 N–H and O–H groups in total. The number of hydrogen-bond acceptors (Lipinski definition) is 2. The Kier molecular flexibility index (Phi) is 2.66. The van der Waals surface area contributed by atoms with Crippen LogP contribution in [0.15, 0.2) is 24.3 Å². The molecule has 1 aliphatic carbocycles. The van der Waals surface area contributed by atoms with Gasteiger partial charge in [0.15, 0.2) is 5.69 Å². The number of carboxylic acids is 1. The Morgan fingerprint density at radius 1 is 1.37 bits per heavy atom. The Morgan fingerprint density at radius 2 is 2.11 bits per heavy atom. The van der Waals surface area contributed by atoms with Gasteiger partial charge in [-0.05, 0) is 49.9 Å². The summed E-state index contributed by atoms with van der Waals surface area (Å²) in [5.41, 5.74) is 4.46. The van der Waals surface area contributed by atoms with Gasteiger partial charge in [-0.25, -0.2) is 9.48 Å². The lowest BCUT2D eigenvalue weighted by molar-refractivity contribution is 0.0690. The molecule has 3 rings (SSSR count). The van der Waals surface area contributed by atoms with E-state index in [0.29, 0.717) is 5.92 Å². The van der Waals surface area contributed by atoms with Gasteiger partial charge in [-0.1, -0.05) is 12.1 Å². The highest BCUT2D eigenvalue weighted by atomic mass is 16.4. The van der Waals surface area contributed by atoms with Crippen LogP contribution < -0.4 is 0 Å². The van der Waals surface area contributed by atoms with E-state index in [-0.39, 0.29) is 5.69 Å². The average Bonchev–Trinajstić information content (AvgIpc) is 3.12. The van der Waals surface area contributed by atoms with Crippen molar-refractivity contribution in [3.05, 3.63) is 46.8 Å². The van der Waals surface area contributed by atoms with Crippen LogP contribution in [0.3, 0.4) is 0 Å². The Morgan fingerprint density at radius 3 is 2.74 bits per heavy atom. The number of aromatic carboxylic acids is 1. The highest BCUT2D eigenvalue weighted by molar-refractivity contribution is 5.85. The molecule has 2 aromatic rings. The van der Waals surface area contributed by atoms with Crippen molar-refractivity contribution in [1.29, 1.82) is 0 Å². The molecule has 4 nitrogen and oxygen atoms in total. The summed E-state index contributed by atoms with van der Waals surface area (Å²) >= 11 is 0. The van der Waals surface area contributed by atoms with E-state index in [9.17, 15) is 4.79 Å². The van der Waals surface area contributed by atoms with Crippen molar-refractivity contribution < 1.29 is 9.90 Å².